The molecule has 1 aliphatic rings. The van der Waals surface area contributed by atoms with Gasteiger partial charge in [-0.3, -0.25) is 0 Å². The normalized spacial score (nSPS) is 23.2. The predicted octanol–water partition coefficient (Wildman–Crippen LogP) is 4.47. The standard InChI is InChI=1S/C17H23NS/c1-2-18-11-14-7-5-6-13(14)10-15-12-19-17-9-4-3-8-16(15)17/h3-4,8-9,12-14,18H,2,5-7,10-11H2,1H3. The molecule has 1 heterocycles. The molecule has 0 amide bonds. The summed E-state index contributed by atoms with van der Waals surface area (Å²) in [4.78, 5) is 0. The van der Waals surface area contributed by atoms with Crippen molar-refractivity contribution < 1.29 is 0 Å². The predicted molar refractivity (Wildman–Crippen MR) is 84.9 cm³/mol. The zero-order valence-corrected chi connectivity index (χ0v) is 12.5. The Kier molecular flexibility index (Phi) is 4.19. The molecular weight excluding hydrogens is 250 g/mol. The van der Waals surface area contributed by atoms with Crippen LogP contribution in [0.25, 0.3) is 10.1 Å². The Morgan fingerprint density at radius 2 is 2.05 bits per heavy atom. The Balaban J connectivity index is 1.73. The quantitative estimate of drug-likeness (QED) is 0.847. The fraction of sp³-hybridized carbons (Fsp3) is 0.529. The molecule has 1 N–H and O–H groups in total. The van der Waals surface area contributed by atoms with Crippen LogP contribution in [0.15, 0.2) is 29.6 Å². The molecule has 3 rings (SSSR count). The van der Waals surface area contributed by atoms with E-state index in [1.807, 2.05) is 11.3 Å². The minimum absolute atomic E-state index is 0.886. The van der Waals surface area contributed by atoms with Gasteiger partial charge in [0.15, 0.2) is 0 Å². The van der Waals surface area contributed by atoms with Crippen molar-refractivity contribution in [2.45, 2.75) is 32.6 Å². The largest absolute Gasteiger partial charge is 0.317 e. The van der Waals surface area contributed by atoms with Gasteiger partial charge in [-0.1, -0.05) is 31.5 Å². The van der Waals surface area contributed by atoms with Crippen LogP contribution < -0.4 is 5.32 Å². The van der Waals surface area contributed by atoms with E-state index in [1.165, 1.54) is 42.3 Å². The van der Waals surface area contributed by atoms with Gasteiger partial charge in [0.2, 0.25) is 0 Å². The molecule has 1 fully saturated rings. The maximum Gasteiger partial charge on any atom is 0.0345 e. The fourth-order valence-corrected chi connectivity index (χ4v) is 4.43. The molecule has 1 saturated carbocycles. The molecule has 1 nitrogen and oxygen atoms in total. The van der Waals surface area contributed by atoms with Gasteiger partial charge < -0.3 is 5.32 Å². The van der Waals surface area contributed by atoms with Gasteiger partial charge in [0.05, 0.1) is 0 Å². The molecular formula is C17H23NS. The molecule has 0 radical (unpaired) electrons. The Morgan fingerprint density at radius 3 is 2.95 bits per heavy atom. The number of rotatable bonds is 5. The number of hydrogen-bond acceptors (Lipinski definition) is 2. The van der Waals surface area contributed by atoms with E-state index in [9.17, 15) is 0 Å². The summed E-state index contributed by atoms with van der Waals surface area (Å²) < 4.78 is 1.44. The number of benzene rings is 1. The van der Waals surface area contributed by atoms with E-state index in [0.29, 0.717) is 0 Å². The van der Waals surface area contributed by atoms with Crippen molar-refractivity contribution in [3.63, 3.8) is 0 Å². The second kappa shape index (κ2) is 6.06. The summed E-state index contributed by atoms with van der Waals surface area (Å²) in [5, 5.41) is 7.41. The van der Waals surface area contributed by atoms with Gasteiger partial charge in [-0.25, -0.2) is 0 Å². The summed E-state index contributed by atoms with van der Waals surface area (Å²) in [6, 6.07) is 8.85. The number of thiophene rings is 1. The Bertz CT molecular complexity index is 531. The minimum Gasteiger partial charge on any atom is -0.317 e. The molecule has 0 bridgehead atoms. The molecule has 0 saturated heterocycles. The Morgan fingerprint density at radius 1 is 1.21 bits per heavy atom. The zero-order valence-electron chi connectivity index (χ0n) is 11.7. The molecule has 19 heavy (non-hydrogen) atoms. The second-order valence-corrected chi connectivity index (χ2v) is 6.63. The Labute approximate surface area is 120 Å². The molecule has 102 valence electrons. The van der Waals surface area contributed by atoms with Gasteiger partial charge in [0.1, 0.15) is 0 Å². The maximum atomic E-state index is 3.54. The van der Waals surface area contributed by atoms with Crippen LogP contribution in [0.4, 0.5) is 0 Å². The highest BCUT2D eigenvalue weighted by molar-refractivity contribution is 7.17. The van der Waals surface area contributed by atoms with E-state index >= 15 is 0 Å². The smallest absolute Gasteiger partial charge is 0.0345 e. The van der Waals surface area contributed by atoms with Crippen LogP contribution in [0.1, 0.15) is 31.7 Å². The number of fused-ring (bicyclic) bond motifs is 1. The van der Waals surface area contributed by atoms with E-state index in [-0.39, 0.29) is 0 Å². The average molecular weight is 273 g/mol. The van der Waals surface area contributed by atoms with Crippen molar-refractivity contribution in [1.29, 1.82) is 0 Å². The van der Waals surface area contributed by atoms with Crippen molar-refractivity contribution in [2.24, 2.45) is 11.8 Å². The fourth-order valence-electron chi connectivity index (χ4n) is 3.45. The molecule has 2 heteroatoms. The van der Waals surface area contributed by atoms with Crippen molar-refractivity contribution in [1.82, 2.24) is 5.32 Å². The van der Waals surface area contributed by atoms with E-state index < -0.39 is 0 Å². The number of hydrogen-bond donors (Lipinski definition) is 1. The SMILES string of the molecule is CCNCC1CCCC1Cc1csc2ccccc12. The van der Waals surface area contributed by atoms with Crippen LogP contribution in [-0.4, -0.2) is 13.1 Å². The molecule has 1 aliphatic carbocycles. The molecule has 2 atom stereocenters. The number of nitrogens with one attached hydrogen (secondary N) is 1. The van der Waals surface area contributed by atoms with Crippen LogP contribution >= 0.6 is 11.3 Å². The summed E-state index contributed by atoms with van der Waals surface area (Å²) in [7, 11) is 0. The average Bonchev–Trinajstić information content (AvgIpc) is 3.05. The lowest BCUT2D eigenvalue weighted by atomic mass is 9.89. The first-order valence-electron chi connectivity index (χ1n) is 7.54. The Hall–Kier alpha value is -0.860. The monoisotopic (exact) mass is 273 g/mol. The molecule has 1 aromatic carbocycles. The van der Waals surface area contributed by atoms with E-state index in [2.05, 4.69) is 41.9 Å². The van der Waals surface area contributed by atoms with Crippen LogP contribution in [-0.2, 0) is 6.42 Å². The van der Waals surface area contributed by atoms with Crippen molar-refractivity contribution in [3.8, 4) is 0 Å². The highest BCUT2D eigenvalue weighted by atomic mass is 32.1. The molecule has 0 spiro atoms. The van der Waals surface area contributed by atoms with Crippen molar-refractivity contribution in [2.75, 3.05) is 13.1 Å². The van der Waals surface area contributed by atoms with Gasteiger partial charge >= 0.3 is 0 Å². The third-order valence-electron chi connectivity index (χ3n) is 4.52. The highest BCUT2D eigenvalue weighted by Gasteiger charge is 2.27. The molecule has 2 aromatic rings. The highest BCUT2D eigenvalue weighted by Crippen LogP contribution is 2.36. The summed E-state index contributed by atoms with van der Waals surface area (Å²) in [6.07, 6.45) is 5.53. The van der Waals surface area contributed by atoms with Crippen molar-refractivity contribution in [3.05, 3.63) is 35.2 Å². The lowest BCUT2D eigenvalue weighted by Crippen LogP contribution is -2.25. The summed E-state index contributed by atoms with van der Waals surface area (Å²) >= 11 is 1.90. The van der Waals surface area contributed by atoms with Crippen molar-refractivity contribution >= 4 is 21.4 Å². The van der Waals surface area contributed by atoms with Gasteiger partial charge in [0.25, 0.3) is 0 Å². The summed E-state index contributed by atoms with van der Waals surface area (Å²) in [5.41, 5.74) is 1.58. The molecule has 1 aromatic heterocycles. The van der Waals surface area contributed by atoms with E-state index in [4.69, 9.17) is 0 Å². The second-order valence-electron chi connectivity index (χ2n) is 5.72. The third-order valence-corrected chi connectivity index (χ3v) is 5.53. The van der Waals surface area contributed by atoms with Gasteiger partial charge in [0, 0.05) is 4.70 Å². The maximum absolute atomic E-state index is 3.54. The first-order valence-corrected chi connectivity index (χ1v) is 8.42. The van der Waals surface area contributed by atoms with E-state index in [1.54, 1.807) is 5.56 Å². The summed E-state index contributed by atoms with van der Waals surface area (Å²) in [5.74, 6) is 1.77. The van der Waals surface area contributed by atoms with Gasteiger partial charge in [-0.2, -0.15) is 0 Å². The lowest BCUT2D eigenvalue weighted by Gasteiger charge is -2.19. The van der Waals surface area contributed by atoms with Crippen LogP contribution in [0, 0.1) is 11.8 Å². The minimum atomic E-state index is 0.886. The lowest BCUT2D eigenvalue weighted by molar-refractivity contribution is 0.369. The first-order chi connectivity index (χ1) is 9.38. The first kappa shape index (κ1) is 13.1. The summed E-state index contributed by atoms with van der Waals surface area (Å²) in [6.45, 7) is 4.52. The zero-order chi connectivity index (χ0) is 13.1. The molecule has 2 unspecified atom stereocenters. The van der Waals surface area contributed by atoms with Crippen LogP contribution in [0.5, 0.6) is 0 Å². The van der Waals surface area contributed by atoms with E-state index in [0.717, 1.165) is 18.4 Å². The van der Waals surface area contributed by atoms with Gasteiger partial charge in [-0.15, -0.1) is 11.3 Å². The third kappa shape index (κ3) is 2.85. The van der Waals surface area contributed by atoms with Crippen LogP contribution in [0.2, 0.25) is 0 Å². The topological polar surface area (TPSA) is 12.0 Å². The van der Waals surface area contributed by atoms with Gasteiger partial charge in [-0.05, 0) is 66.6 Å². The van der Waals surface area contributed by atoms with Crippen LogP contribution in [0.3, 0.4) is 0 Å². The molecule has 0 aliphatic heterocycles.